The minimum atomic E-state index is -0.0150. The van der Waals surface area contributed by atoms with Crippen molar-refractivity contribution in [3.8, 4) is 5.75 Å². The van der Waals surface area contributed by atoms with Crippen molar-refractivity contribution in [1.29, 1.82) is 0 Å². The number of rotatable bonds is 7. The summed E-state index contributed by atoms with van der Waals surface area (Å²) in [5, 5.41) is 5.93. The van der Waals surface area contributed by atoms with E-state index in [-0.39, 0.29) is 5.91 Å². The van der Waals surface area contributed by atoms with Gasteiger partial charge in [-0.15, -0.1) is 0 Å². The Labute approximate surface area is 123 Å². The normalized spacial score (nSPS) is 10.6. The molecule has 0 saturated heterocycles. The van der Waals surface area contributed by atoms with Crippen LogP contribution in [0.5, 0.6) is 5.75 Å². The lowest BCUT2D eigenvalue weighted by Crippen LogP contribution is -2.22. The predicted molar refractivity (Wildman–Crippen MR) is 80.3 cm³/mol. The van der Waals surface area contributed by atoms with Crippen molar-refractivity contribution in [2.24, 2.45) is 0 Å². The van der Waals surface area contributed by atoms with Gasteiger partial charge >= 0.3 is 0 Å². The molecule has 0 fully saturated rings. The van der Waals surface area contributed by atoms with Crippen molar-refractivity contribution in [2.75, 3.05) is 13.7 Å². The smallest absolute Gasteiger partial charge is 0.223 e. The molecule has 19 heavy (non-hydrogen) atoms. The second-order valence-electron chi connectivity index (χ2n) is 4.56. The lowest BCUT2D eigenvalue weighted by Gasteiger charge is -2.12. The molecule has 0 aliphatic rings. The van der Waals surface area contributed by atoms with Crippen LogP contribution in [0.4, 0.5) is 0 Å². The molecule has 2 N–H and O–H groups in total. The highest BCUT2D eigenvalue weighted by Gasteiger charge is 2.04. The Hall–Kier alpha value is -1.07. The third kappa shape index (κ3) is 6.07. The number of carbonyl (C=O) groups is 1. The van der Waals surface area contributed by atoms with Crippen LogP contribution in [-0.2, 0) is 11.3 Å². The maximum atomic E-state index is 11.1. The number of halogens is 1. The van der Waals surface area contributed by atoms with Gasteiger partial charge in [0, 0.05) is 24.1 Å². The summed E-state index contributed by atoms with van der Waals surface area (Å²) < 4.78 is 6.63. The van der Waals surface area contributed by atoms with Gasteiger partial charge in [0.1, 0.15) is 5.75 Å². The van der Waals surface area contributed by atoms with E-state index in [0.717, 1.165) is 22.3 Å². The lowest BCUT2D eigenvalue weighted by molar-refractivity contribution is -0.121. The van der Waals surface area contributed by atoms with Gasteiger partial charge in [-0.1, -0.05) is 29.8 Å². The number of ether oxygens (including phenoxy) is 1. The fraction of sp³-hybridized carbons (Fsp3) is 0.500. The van der Waals surface area contributed by atoms with E-state index in [1.807, 2.05) is 18.2 Å². The molecular weight excluding hydrogens is 308 g/mol. The highest BCUT2D eigenvalue weighted by atomic mass is 79.9. The molecule has 0 radical (unpaired) electrons. The number of hydrogen-bond acceptors (Lipinski definition) is 3. The molecule has 1 aromatic rings. The van der Waals surface area contributed by atoms with Crippen LogP contribution in [-0.4, -0.2) is 25.6 Å². The van der Waals surface area contributed by atoms with Crippen molar-refractivity contribution < 1.29 is 9.53 Å². The van der Waals surface area contributed by atoms with E-state index in [2.05, 4.69) is 40.4 Å². The quantitative estimate of drug-likeness (QED) is 0.808. The van der Waals surface area contributed by atoms with Gasteiger partial charge in [-0.25, -0.2) is 0 Å². The van der Waals surface area contributed by atoms with Crippen LogP contribution in [0.1, 0.15) is 25.8 Å². The summed E-state index contributed by atoms with van der Waals surface area (Å²) in [5.41, 5.74) is 1.14. The predicted octanol–water partition coefficient (Wildman–Crippen LogP) is 2.46. The van der Waals surface area contributed by atoms with Gasteiger partial charge in [0.15, 0.2) is 0 Å². The number of carbonyl (C=O) groups excluding carboxylic acids is 1. The average Bonchev–Trinajstić information content (AvgIpc) is 2.38. The molecule has 1 aromatic carbocycles. The van der Waals surface area contributed by atoms with E-state index in [0.29, 0.717) is 19.1 Å². The zero-order valence-corrected chi connectivity index (χ0v) is 13.2. The molecule has 1 amide bonds. The molecular formula is C14H21BrN2O2. The summed E-state index contributed by atoms with van der Waals surface area (Å²) in [4.78, 5) is 11.1. The van der Waals surface area contributed by atoms with Gasteiger partial charge in [0.05, 0.1) is 13.0 Å². The third-order valence-electron chi connectivity index (χ3n) is 2.59. The highest BCUT2D eigenvalue weighted by molar-refractivity contribution is 9.10. The van der Waals surface area contributed by atoms with Gasteiger partial charge in [-0.2, -0.15) is 0 Å². The second kappa shape index (κ2) is 8.17. The molecule has 0 aliphatic heterocycles. The maximum absolute atomic E-state index is 11.1. The van der Waals surface area contributed by atoms with Crippen LogP contribution in [0.3, 0.4) is 0 Å². The molecule has 5 heteroatoms. The van der Waals surface area contributed by atoms with E-state index < -0.39 is 0 Å². The summed E-state index contributed by atoms with van der Waals surface area (Å²) in [7, 11) is 1.62. The van der Waals surface area contributed by atoms with Crippen molar-refractivity contribution in [1.82, 2.24) is 10.6 Å². The minimum absolute atomic E-state index is 0.0150. The first-order valence-electron chi connectivity index (χ1n) is 6.38. The van der Waals surface area contributed by atoms with E-state index in [4.69, 9.17) is 4.74 Å². The van der Waals surface area contributed by atoms with Gasteiger partial charge in [0.2, 0.25) is 5.91 Å². The van der Waals surface area contributed by atoms with Crippen molar-refractivity contribution in [3.05, 3.63) is 28.2 Å². The Morgan fingerprint density at radius 2 is 2.16 bits per heavy atom. The zero-order valence-electron chi connectivity index (χ0n) is 11.6. The lowest BCUT2D eigenvalue weighted by atomic mass is 10.2. The molecule has 0 aliphatic carbocycles. The fourth-order valence-corrected chi connectivity index (χ4v) is 1.86. The molecule has 106 valence electrons. The summed E-state index contributed by atoms with van der Waals surface area (Å²) in [5.74, 6) is 0.770. The van der Waals surface area contributed by atoms with Crippen molar-refractivity contribution in [3.63, 3.8) is 0 Å². The Balaban J connectivity index is 2.55. The van der Waals surface area contributed by atoms with Crippen molar-refractivity contribution >= 4 is 21.8 Å². The van der Waals surface area contributed by atoms with E-state index in [1.165, 1.54) is 0 Å². The van der Waals surface area contributed by atoms with E-state index >= 15 is 0 Å². The Morgan fingerprint density at radius 1 is 1.42 bits per heavy atom. The molecule has 0 saturated carbocycles. The van der Waals surface area contributed by atoms with Gasteiger partial charge in [0.25, 0.3) is 0 Å². The van der Waals surface area contributed by atoms with Crippen LogP contribution in [0.25, 0.3) is 0 Å². The van der Waals surface area contributed by atoms with Gasteiger partial charge in [-0.05, 0) is 23.8 Å². The Kier molecular flexibility index (Phi) is 6.87. The van der Waals surface area contributed by atoms with E-state index in [1.54, 1.807) is 7.05 Å². The van der Waals surface area contributed by atoms with Crippen LogP contribution in [0.2, 0.25) is 0 Å². The van der Waals surface area contributed by atoms with Crippen molar-refractivity contribution in [2.45, 2.75) is 32.9 Å². The zero-order chi connectivity index (χ0) is 14.3. The number of amides is 1. The molecule has 1 rings (SSSR count). The molecule has 4 nitrogen and oxygen atoms in total. The van der Waals surface area contributed by atoms with Gasteiger partial charge in [-0.3, -0.25) is 4.79 Å². The molecule has 0 aromatic heterocycles. The molecule has 0 heterocycles. The van der Waals surface area contributed by atoms with Gasteiger partial charge < -0.3 is 15.4 Å². The first kappa shape index (κ1) is 16.0. The fourth-order valence-electron chi connectivity index (χ4n) is 1.48. The number of nitrogens with one attached hydrogen (secondary N) is 2. The summed E-state index contributed by atoms with van der Waals surface area (Å²) in [6.45, 7) is 5.39. The second-order valence-corrected chi connectivity index (χ2v) is 5.41. The largest absolute Gasteiger partial charge is 0.493 e. The Bertz CT molecular complexity index is 422. The van der Waals surface area contributed by atoms with Crippen LogP contribution < -0.4 is 15.4 Å². The molecule has 0 bridgehead atoms. The van der Waals surface area contributed by atoms with E-state index in [9.17, 15) is 4.79 Å². The SMILES string of the molecule is CNC(=O)CCOc1ccc(Br)c(CNC(C)C)c1. The highest BCUT2D eigenvalue weighted by Crippen LogP contribution is 2.22. The minimum Gasteiger partial charge on any atom is -0.493 e. The van der Waals surface area contributed by atoms with Crippen LogP contribution in [0.15, 0.2) is 22.7 Å². The average molecular weight is 329 g/mol. The summed E-state index contributed by atoms with van der Waals surface area (Å²) in [6, 6.07) is 6.28. The molecule has 0 atom stereocenters. The Morgan fingerprint density at radius 3 is 2.79 bits per heavy atom. The molecule has 0 unspecified atom stereocenters. The standard InChI is InChI=1S/C14H21BrN2O2/c1-10(2)17-9-11-8-12(4-5-13(11)15)19-7-6-14(18)16-3/h4-5,8,10,17H,6-7,9H2,1-3H3,(H,16,18). The molecule has 0 spiro atoms. The monoisotopic (exact) mass is 328 g/mol. The first-order valence-corrected chi connectivity index (χ1v) is 7.17. The first-order chi connectivity index (χ1) is 9.02. The number of benzene rings is 1. The number of hydrogen-bond donors (Lipinski definition) is 2. The van der Waals surface area contributed by atoms with Crippen LogP contribution in [0, 0.1) is 0 Å². The third-order valence-corrected chi connectivity index (χ3v) is 3.37. The summed E-state index contributed by atoms with van der Waals surface area (Å²) in [6.07, 6.45) is 0.367. The topological polar surface area (TPSA) is 50.4 Å². The maximum Gasteiger partial charge on any atom is 0.223 e. The van der Waals surface area contributed by atoms with Crippen LogP contribution >= 0.6 is 15.9 Å². The summed E-state index contributed by atoms with van der Waals surface area (Å²) >= 11 is 3.52.